The third-order valence-corrected chi connectivity index (χ3v) is 5.05. The summed E-state index contributed by atoms with van der Waals surface area (Å²) in [4.78, 5) is 0. The highest BCUT2D eigenvalue weighted by Gasteiger charge is 2.47. The summed E-state index contributed by atoms with van der Waals surface area (Å²) >= 11 is 2.54. The lowest BCUT2D eigenvalue weighted by Gasteiger charge is -2.54. The number of hydrogen-bond acceptors (Lipinski definition) is 1. The Morgan fingerprint density at radius 3 is 2.45 bits per heavy atom. The van der Waals surface area contributed by atoms with E-state index < -0.39 is 0 Å². The molecule has 1 aliphatic carbocycles. The fraction of sp³-hybridized carbons (Fsp3) is 1.00. The van der Waals surface area contributed by atoms with Crippen molar-refractivity contribution in [2.24, 2.45) is 5.92 Å². The second kappa shape index (κ2) is 2.87. The fourth-order valence-electron chi connectivity index (χ4n) is 2.54. The monoisotopic (exact) mass is 265 g/mol. The minimum atomic E-state index is 0.638. The molecule has 0 bridgehead atoms. The van der Waals surface area contributed by atoms with Crippen molar-refractivity contribution in [2.75, 3.05) is 6.54 Å². The van der Waals surface area contributed by atoms with Gasteiger partial charge in [0.05, 0.1) is 0 Å². The summed E-state index contributed by atoms with van der Waals surface area (Å²) < 4.78 is 2.59. The summed E-state index contributed by atoms with van der Waals surface area (Å²) in [6.45, 7) is 3.76. The van der Waals surface area contributed by atoms with Crippen LogP contribution in [0.2, 0.25) is 0 Å². The highest BCUT2D eigenvalue weighted by molar-refractivity contribution is 14.1. The van der Waals surface area contributed by atoms with Gasteiger partial charge in [0.2, 0.25) is 0 Å². The maximum Gasteiger partial charge on any atom is 0.0330 e. The molecule has 1 saturated heterocycles. The molecule has 2 aliphatic rings. The van der Waals surface area contributed by atoms with E-state index in [0.717, 1.165) is 5.92 Å². The van der Waals surface area contributed by atoms with Crippen LogP contribution in [0.4, 0.5) is 0 Å². The molecule has 0 aromatic carbocycles. The maximum absolute atomic E-state index is 2.59. The molecule has 1 atom stereocenters. The van der Waals surface area contributed by atoms with Crippen LogP contribution in [0.3, 0.4) is 0 Å². The molecule has 11 heavy (non-hydrogen) atoms. The van der Waals surface area contributed by atoms with Gasteiger partial charge in [0.1, 0.15) is 0 Å². The molecule has 1 aliphatic heterocycles. The Morgan fingerprint density at radius 2 is 2.09 bits per heavy atom. The first-order valence-corrected chi connectivity index (χ1v) is 5.66. The molecule has 0 amide bonds. The fourth-order valence-corrected chi connectivity index (χ4v) is 3.84. The van der Waals surface area contributed by atoms with E-state index in [1.165, 1.54) is 38.6 Å². The second-order valence-corrected chi connectivity index (χ2v) is 5.25. The summed E-state index contributed by atoms with van der Waals surface area (Å²) in [5.41, 5.74) is 0.638. The molecule has 1 spiro atoms. The van der Waals surface area contributed by atoms with E-state index >= 15 is 0 Å². The second-order valence-electron chi connectivity index (χ2n) is 4.09. The lowest BCUT2D eigenvalue weighted by molar-refractivity contribution is 0.0209. The number of rotatable bonds is 0. The van der Waals surface area contributed by atoms with Crippen molar-refractivity contribution >= 4 is 22.9 Å². The molecule has 2 fully saturated rings. The Balaban J connectivity index is 2.12. The zero-order valence-electron chi connectivity index (χ0n) is 7.15. The highest BCUT2D eigenvalue weighted by atomic mass is 127. The first kappa shape index (κ1) is 8.30. The molecular weight excluding hydrogens is 249 g/mol. The standard InChI is InChI=1S/C9H16IN/c1-8-4-2-7-11(10)9(8)5-3-6-9/h8H,2-7H2,1H3. The van der Waals surface area contributed by atoms with Crippen molar-refractivity contribution in [3.8, 4) is 0 Å². The smallest absolute Gasteiger partial charge is 0.0330 e. The zero-order chi connectivity index (χ0) is 7.90. The van der Waals surface area contributed by atoms with Gasteiger partial charge in [0.15, 0.2) is 0 Å². The summed E-state index contributed by atoms with van der Waals surface area (Å²) in [6, 6.07) is 0. The van der Waals surface area contributed by atoms with E-state index in [-0.39, 0.29) is 0 Å². The third kappa shape index (κ3) is 1.13. The Hall–Kier alpha value is 0.690. The van der Waals surface area contributed by atoms with Gasteiger partial charge in [-0.25, -0.2) is 3.11 Å². The Labute approximate surface area is 83.0 Å². The molecule has 2 rings (SSSR count). The van der Waals surface area contributed by atoms with Crippen LogP contribution in [-0.2, 0) is 0 Å². The molecule has 1 heterocycles. The van der Waals surface area contributed by atoms with Crippen LogP contribution in [0.15, 0.2) is 0 Å². The molecule has 0 radical (unpaired) electrons. The van der Waals surface area contributed by atoms with Gasteiger partial charge < -0.3 is 0 Å². The first-order chi connectivity index (χ1) is 5.26. The third-order valence-electron chi connectivity index (χ3n) is 3.61. The van der Waals surface area contributed by atoms with E-state index in [2.05, 4.69) is 32.9 Å². The van der Waals surface area contributed by atoms with E-state index in [9.17, 15) is 0 Å². The van der Waals surface area contributed by atoms with E-state index in [0.29, 0.717) is 5.54 Å². The van der Waals surface area contributed by atoms with Gasteiger partial charge in [-0.2, -0.15) is 0 Å². The average molecular weight is 265 g/mol. The molecule has 2 heteroatoms. The van der Waals surface area contributed by atoms with Crippen molar-refractivity contribution in [1.82, 2.24) is 3.11 Å². The first-order valence-electron chi connectivity index (χ1n) is 4.69. The van der Waals surface area contributed by atoms with Crippen LogP contribution >= 0.6 is 22.9 Å². The van der Waals surface area contributed by atoms with Gasteiger partial charge >= 0.3 is 0 Å². The van der Waals surface area contributed by atoms with Gasteiger partial charge in [-0.05, 0) is 38.0 Å². The summed E-state index contributed by atoms with van der Waals surface area (Å²) in [6.07, 6.45) is 7.24. The molecular formula is C9H16IN. The van der Waals surface area contributed by atoms with Crippen molar-refractivity contribution in [3.05, 3.63) is 0 Å². The predicted molar refractivity (Wildman–Crippen MR) is 55.7 cm³/mol. The number of nitrogens with zero attached hydrogens (tertiary/aromatic N) is 1. The predicted octanol–water partition coefficient (Wildman–Crippen LogP) is 2.99. The molecule has 64 valence electrons. The van der Waals surface area contributed by atoms with Crippen LogP contribution in [0, 0.1) is 5.92 Å². The molecule has 1 nitrogen and oxygen atoms in total. The molecule has 1 unspecified atom stereocenters. The van der Waals surface area contributed by atoms with Gasteiger partial charge in [0, 0.05) is 34.9 Å². The minimum Gasteiger partial charge on any atom is -0.241 e. The topological polar surface area (TPSA) is 3.24 Å². The van der Waals surface area contributed by atoms with Gasteiger partial charge in [0.25, 0.3) is 0 Å². The highest BCUT2D eigenvalue weighted by Crippen LogP contribution is 2.49. The zero-order valence-corrected chi connectivity index (χ0v) is 9.30. The van der Waals surface area contributed by atoms with Crippen molar-refractivity contribution < 1.29 is 0 Å². The van der Waals surface area contributed by atoms with E-state index in [1.807, 2.05) is 0 Å². The van der Waals surface area contributed by atoms with Crippen LogP contribution in [0.25, 0.3) is 0 Å². The van der Waals surface area contributed by atoms with Crippen LogP contribution < -0.4 is 0 Å². The molecule has 0 aromatic heterocycles. The normalized spacial score (nSPS) is 37.1. The molecule has 0 N–H and O–H groups in total. The van der Waals surface area contributed by atoms with Crippen molar-refractivity contribution in [2.45, 2.75) is 44.6 Å². The molecule has 1 saturated carbocycles. The van der Waals surface area contributed by atoms with Gasteiger partial charge in [-0.15, -0.1) is 0 Å². The SMILES string of the molecule is CC1CCCN(I)C12CCC2. The Morgan fingerprint density at radius 1 is 1.36 bits per heavy atom. The van der Waals surface area contributed by atoms with Crippen molar-refractivity contribution in [3.63, 3.8) is 0 Å². The maximum atomic E-state index is 2.59. The van der Waals surface area contributed by atoms with Gasteiger partial charge in [-0.3, -0.25) is 0 Å². The number of halogens is 1. The van der Waals surface area contributed by atoms with Crippen molar-refractivity contribution in [1.29, 1.82) is 0 Å². The van der Waals surface area contributed by atoms with Crippen LogP contribution in [0.1, 0.15) is 39.0 Å². The average Bonchev–Trinajstić information content (AvgIpc) is 1.83. The Bertz CT molecular complexity index is 142. The minimum absolute atomic E-state index is 0.638. The lowest BCUT2D eigenvalue weighted by atomic mass is 9.66. The lowest BCUT2D eigenvalue weighted by Crippen LogP contribution is -2.56. The van der Waals surface area contributed by atoms with E-state index in [1.54, 1.807) is 0 Å². The van der Waals surface area contributed by atoms with Crippen LogP contribution in [0.5, 0.6) is 0 Å². The quantitative estimate of drug-likeness (QED) is 0.480. The number of piperidine rings is 1. The van der Waals surface area contributed by atoms with Gasteiger partial charge in [-0.1, -0.05) is 6.92 Å². The summed E-state index contributed by atoms with van der Waals surface area (Å²) in [5.74, 6) is 0.946. The van der Waals surface area contributed by atoms with E-state index in [4.69, 9.17) is 0 Å². The van der Waals surface area contributed by atoms with Crippen LogP contribution in [-0.4, -0.2) is 15.2 Å². The summed E-state index contributed by atoms with van der Waals surface area (Å²) in [5, 5.41) is 0. The number of hydrogen-bond donors (Lipinski definition) is 0. The molecule has 0 aromatic rings. The summed E-state index contributed by atoms with van der Waals surface area (Å²) in [7, 11) is 0. The Kier molecular flexibility index (Phi) is 2.17. The largest absolute Gasteiger partial charge is 0.241 e.